The van der Waals surface area contributed by atoms with E-state index in [9.17, 15) is 13.2 Å². The molecular weight excluding hydrogens is 1030 g/mol. The van der Waals surface area contributed by atoms with E-state index in [2.05, 4.69) is 176 Å². The molecule has 8 nitrogen and oxygen atoms in total. The second-order valence-electron chi connectivity index (χ2n) is 28.9. The molecule has 73 heavy (non-hydrogen) atoms. The maximum Gasteiger partial charge on any atom is 0.389 e. The van der Waals surface area contributed by atoms with E-state index >= 15 is 0 Å². The summed E-state index contributed by atoms with van der Waals surface area (Å²) >= 11 is 0. The first-order chi connectivity index (χ1) is 31.5. The summed E-state index contributed by atoms with van der Waals surface area (Å²) in [5.41, 5.74) is 1.01. The van der Waals surface area contributed by atoms with Crippen LogP contribution in [0.4, 0.5) is 13.2 Å². The van der Waals surface area contributed by atoms with E-state index in [-0.39, 0.29) is 31.7 Å². The van der Waals surface area contributed by atoms with E-state index in [4.69, 9.17) is 35.4 Å². The van der Waals surface area contributed by atoms with E-state index in [1.165, 1.54) is 0 Å². The lowest BCUT2D eigenvalue weighted by Crippen LogP contribution is -2.54. The van der Waals surface area contributed by atoms with Crippen LogP contribution in [0.5, 0.6) is 0 Å². The van der Waals surface area contributed by atoms with E-state index in [1.54, 1.807) is 0 Å². The molecule has 4 unspecified atom stereocenters. The van der Waals surface area contributed by atoms with Gasteiger partial charge in [-0.1, -0.05) is 126 Å². The van der Waals surface area contributed by atoms with Crippen LogP contribution in [0, 0.1) is 45.3 Å². The van der Waals surface area contributed by atoms with Crippen molar-refractivity contribution in [2.75, 3.05) is 52.9 Å². The first kappa shape index (κ1) is 80.3. The van der Waals surface area contributed by atoms with Gasteiger partial charge in [0.15, 0.2) is 33.3 Å². The van der Waals surface area contributed by atoms with Crippen LogP contribution < -0.4 is 0 Å². The summed E-state index contributed by atoms with van der Waals surface area (Å²) in [6, 6.07) is 3.88. The van der Waals surface area contributed by atoms with Gasteiger partial charge in [-0.25, -0.2) is 0 Å². The van der Waals surface area contributed by atoms with Gasteiger partial charge in [0, 0.05) is 59.3 Å². The fraction of sp³-hybridized carbons (Fsp3) is 1.00. The summed E-state index contributed by atoms with van der Waals surface area (Å²) < 4.78 is 90.2. The summed E-state index contributed by atoms with van der Waals surface area (Å²) in [7, 11) is -13.2. The molecule has 0 saturated heterocycles. The van der Waals surface area contributed by atoms with Gasteiger partial charge in [-0.3, -0.25) is 0 Å². The van der Waals surface area contributed by atoms with Gasteiger partial charge in [-0.05, 0) is 173 Å². The number of alkyl halides is 3. The third-order valence-corrected chi connectivity index (χ3v) is 38.2. The van der Waals surface area contributed by atoms with Crippen molar-refractivity contribution in [3.8, 4) is 0 Å². The third-order valence-electron chi connectivity index (χ3n) is 14.5. The van der Waals surface area contributed by atoms with E-state index in [0.717, 1.165) is 76.3 Å². The van der Waals surface area contributed by atoms with Crippen LogP contribution in [0.2, 0.25) is 102 Å². The van der Waals surface area contributed by atoms with Crippen LogP contribution in [0.15, 0.2) is 0 Å². The molecule has 0 rings (SSSR count). The topological polar surface area (TPSA) is 73.8 Å². The Morgan fingerprint density at radius 1 is 0.342 bits per heavy atom. The van der Waals surface area contributed by atoms with Crippen molar-refractivity contribution >= 4 is 50.4 Å². The highest BCUT2D eigenvalue weighted by atomic mass is 28.5. The van der Waals surface area contributed by atoms with Crippen molar-refractivity contribution in [3.05, 3.63) is 0 Å². The second-order valence-corrected chi connectivity index (χ2v) is 53.8. The van der Waals surface area contributed by atoms with Gasteiger partial charge in [-0.2, -0.15) is 13.2 Å². The Hall–Kier alpha value is 0.771. The molecule has 0 aromatic carbocycles. The zero-order chi connectivity index (χ0) is 56.2. The molecule has 0 radical (unpaired) electrons. The SMILES string of the molecule is C.C.CC(COCCC[Si](C)(C)O[Si](C)(C)O[Si](C)(C)CCCOCC(C)C(C)(C)C)C(C)(C)C.CC(COCCC[Si](C)(C)O[Si](C)(CCC(F)(F)F)O[Si](C)(C)CCCOCC(C)C(C)(C)C)C(C)(C)C. The molecule has 0 N–H and O–H groups in total. The van der Waals surface area contributed by atoms with Gasteiger partial charge >= 0.3 is 23.3 Å². The Labute approximate surface area is 461 Å². The fourth-order valence-electron chi connectivity index (χ4n) is 7.66. The Morgan fingerprint density at radius 3 is 0.740 bits per heavy atom. The maximum absolute atomic E-state index is 13.2. The zero-order valence-corrected chi connectivity index (χ0v) is 57.9. The van der Waals surface area contributed by atoms with Crippen molar-refractivity contribution in [1.82, 2.24) is 0 Å². The molecule has 0 aliphatic rings. The van der Waals surface area contributed by atoms with Gasteiger partial charge in [0.1, 0.15) is 0 Å². The summed E-state index contributed by atoms with van der Waals surface area (Å²) in [5, 5.41) is 0. The van der Waals surface area contributed by atoms with Crippen molar-refractivity contribution < 1.29 is 48.6 Å². The molecule has 0 amide bonds. The smallest absolute Gasteiger partial charge is 0.389 e. The van der Waals surface area contributed by atoms with Gasteiger partial charge in [0.2, 0.25) is 0 Å². The molecule has 0 aliphatic carbocycles. The molecule has 0 heterocycles. The summed E-state index contributed by atoms with van der Waals surface area (Å²) in [6.45, 7) is 66.0. The van der Waals surface area contributed by atoms with Gasteiger partial charge < -0.3 is 35.4 Å². The Bertz CT molecular complexity index is 1320. The van der Waals surface area contributed by atoms with Crippen molar-refractivity contribution in [2.24, 2.45) is 45.3 Å². The van der Waals surface area contributed by atoms with Crippen LogP contribution >= 0.6 is 0 Å². The van der Waals surface area contributed by atoms with Crippen LogP contribution in [-0.4, -0.2) is 109 Å². The molecule has 0 aromatic rings. The zero-order valence-electron chi connectivity index (χ0n) is 51.9. The second kappa shape index (κ2) is 34.1. The van der Waals surface area contributed by atoms with Crippen molar-refractivity contribution in [3.63, 3.8) is 0 Å². The number of ether oxygens (including phenoxy) is 4. The highest BCUT2D eigenvalue weighted by Gasteiger charge is 2.45. The average Bonchev–Trinajstić information content (AvgIpc) is 3.13. The molecule has 0 aromatic heterocycles. The lowest BCUT2D eigenvalue weighted by atomic mass is 9.83. The maximum atomic E-state index is 13.2. The van der Waals surface area contributed by atoms with Gasteiger partial charge in [0.05, 0.1) is 0 Å². The van der Waals surface area contributed by atoms with Crippen LogP contribution in [-0.2, 0) is 35.4 Å². The van der Waals surface area contributed by atoms with Gasteiger partial charge in [0.25, 0.3) is 0 Å². The number of halogens is 3. The molecule has 17 heteroatoms. The molecule has 4 atom stereocenters. The van der Waals surface area contributed by atoms with Gasteiger partial charge in [-0.15, -0.1) is 0 Å². The van der Waals surface area contributed by atoms with Crippen LogP contribution in [0.1, 0.15) is 158 Å². The lowest BCUT2D eigenvalue weighted by molar-refractivity contribution is -0.131. The minimum atomic E-state index is -4.21. The molecule has 0 bridgehead atoms. The summed E-state index contributed by atoms with van der Waals surface area (Å²) in [4.78, 5) is 0. The molecule has 0 spiro atoms. The highest BCUT2D eigenvalue weighted by Crippen LogP contribution is 2.35. The monoisotopic (exact) mass is 1150 g/mol. The fourth-order valence-corrected chi connectivity index (χ4v) is 35.9. The predicted octanol–water partition coefficient (Wildman–Crippen LogP) is 19.2. The van der Waals surface area contributed by atoms with E-state index < -0.39 is 63.0 Å². The Kier molecular flexibility index (Phi) is 37.5. The minimum absolute atomic E-state index is 0. The number of hydrogen-bond acceptors (Lipinski definition) is 8. The molecule has 0 saturated carbocycles. The molecular formula is C56H129F3O8Si6. The third kappa shape index (κ3) is 43.3. The first-order valence-electron chi connectivity index (χ1n) is 27.7. The van der Waals surface area contributed by atoms with Crippen molar-refractivity contribution in [1.29, 1.82) is 0 Å². The Balaban J connectivity index is -0.000000641. The molecule has 0 aliphatic heterocycles. The minimum Gasteiger partial charge on any atom is -0.437 e. The van der Waals surface area contributed by atoms with Crippen LogP contribution in [0.3, 0.4) is 0 Å². The summed E-state index contributed by atoms with van der Waals surface area (Å²) in [5.74, 6) is 2.04. The normalized spacial score (nSPS) is 16.4. The molecule has 446 valence electrons. The van der Waals surface area contributed by atoms with E-state index in [1.807, 2.05) is 6.55 Å². The first-order valence-corrected chi connectivity index (χ1v) is 45.5. The number of hydrogen-bond donors (Lipinski definition) is 0. The largest absolute Gasteiger partial charge is 0.437 e. The van der Waals surface area contributed by atoms with Crippen LogP contribution in [0.25, 0.3) is 0 Å². The number of rotatable bonds is 34. The standard InChI is InChI=1S/C28H61F3O4Si3.C26H60O4Si3.2CH4/c1-24(26(3,4)5)22-32-17-14-19-36(9,10)34-38(13,21-16-28(29,30)31)35-37(11,12)20-15-18-33-23-25(2)27(6,7)8;1-23(25(3,4)5)21-27-17-15-19-31(9,10)29-33(13,14)30-32(11,12)20-16-18-28-22-24(2)26(6,7)8;;/h24-25H,14-23H2,1-13H3;23-24H,15-22H2,1-14H3;2*1H4. The lowest BCUT2D eigenvalue weighted by Gasteiger charge is -2.41. The highest BCUT2D eigenvalue weighted by molar-refractivity contribution is 6.89. The summed E-state index contributed by atoms with van der Waals surface area (Å²) in [6.07, 6.45) is -1.22. The predicted molar refractivity (Wildman–Crippen MR) is 328 cm³/mol. The molecule has 0 fully saturated rings. The van der Waals surface area contributed by atoms with E-state index in [0.29, 0.717) is 60.9 Å². The average molecular weight is 1160 g/mol. The quantitative estimate of drug-likeness (QED) is 0.0466. The van der Waals surface area contributed by atoms with Crippen molar-refractivity contribution in [2.45, 2.75) is 266 Å². The Morgan fingerprint density at radius 2 is 0.548 bits per heavy atom.